The highest BCUT2D eigenvalue weighted by Gasteiger charge is 2.25. The molecule has 0 saturated carbocycles. The smallest absolute Gasteiger partial charge is 0.304 e. The Morgan fingerprint density at radius 3 is 2.37 bits per heavy atom. The van der Waals surface area contributed by atoms with Crippen molar-refractivity contribution in [2.75, 3.05) is 6.54 Å². The maximum Gasteiger partial charge on any atom is 0.304 e. The number of hydrogen-bond acceptors (Lipinski definition) is 4. The van der Waals surface area contributed by atoms with Crippen LogP contribution in [0.1, 0.15) is 82.0 Å². The summed E-state index contributed by atoms with van der Waals surface area (Å²) in [6.45, 7) is 1.21. The Kier molecular flexibility index (Phi) is 6.89. The Morgan fingerprint density at radius 1 is 0.886 bits per heavy atom. The fourth-order valence-corrected chi connectivity index (χ4v) is 5.21. The maximum absolute atomic E-state index is 13.2. The van der Waals surface area contributed by atoms with Crippen LogP contribution >= 0.6 is 0 Å². The molecule has 5 aliphatic heterocycles. The van der Waals surface area contributed by atoms with E-state index in [2.05, 4.69) is 34.2 Å². The SMILES string of the molecule is O=C(O)C[C@H]1c2cnc(nc2)CCCCCCc2ccc(cc2)C(=O)N2CCc3ccc1cc3C2. The van der Waals surface area contributed by atoms with Crippen LogP contribution in [0.5, 0.6) is 0 Å². The highest BCUT2D eigenvalue weighted by molar-refractivity contribution is 5.94. The number of aromatic nitrogens is 2. The van der Waals surface area contributed by atoms with Gasteiger partial charge in [-0.2, -0.15) is 0 Å². The lowest BCUT2D eigenvalue weighted by Gasteiger charge is -2.30. The van der Waals surface area contributed by atoms with Crippen LogP contribution in [0.2, 0.25) is 0 Å². The fourth-order valence-electron chi connectivity index (χ4n) is 5.21. The number of aliphatic carboxylic acids is 1. The van der Waals surface area contributed by atoms with Crippen LogP contribution < -0.4 is 0 Å². The third kappa shape index (κ3) is 5.42. The number of rotatable bonds is 2. The molecule has 1 N–H and O–H groups in total. The summed E-state index contributed by atoms with van der Waals surface area (Å²) in [5.74, 6) is -0.337. The lowest BCUT2D eigenvalue weighted by atomic mass is 9.86. The second-order valence-electron chi connectivity index (χ2n) is 9.70. The second kappa shape index (κ2) is 10.4. The number of carboxylic acids is 1. The molecule has 8 rings (SSSR count). The average molecular weight is 470 g/mol. The molecule has 5 aliphatic rings. The molecular weight excluding hydrogens is 438 g/mol. The van der Waals surface area contributed by atoms with E-state index >= 15 is 0 Å². The van der Waals surface area contributed by atoms with E-state index in [0.29, 0.717) is 13.1 Å². The van der Waals surface area contributed by atoms with Gasteiger partial charge in [0.2, 0.25) is 0 Å². The van der Waals surface area contributed by atoms with E-state index in [0.717, 1.165) is 73.0 Å². The van der Waals surface area contributed by atoms with Crippen molar-refractivity contribution in [2.45, 2.75) is 63.8 Å². The molecule has 0 fully saturated rings. The predicted molar refractivity (Wildman–Crippen MR) is 133 cm³/mol. The molecule has 35 heavy (non-hydrogen) atoms. The molecule has 6 nitrogen and oxygen atoms in total. The lowest BCUT2D eigenvalue weighted by Crippen LogP contribution is -2.36. The number of aryl methyl sites for hydroxylation is 2. The summed E-state index contributed by atoms with van der Waals surface area (Å²) in [5, 5.41) is 9.62. The number of carbonyl (C=O) groups excluding carboxylic acids is 1. The fraction of sp³-hybridized carbons (Fsp3) is 0.379. The van der Waals surface area contributed by atoms with E-state index in [1.807, 2.05) is 23.1 Å². The van der Waals surface area contributed by atoms with Gasteiger partial charge in [0.1, 0.15) is 5.82 Å². The van der Waals surface area contributed by atoms with Crippen molar-refractivity contribution in [1.82, 2.24) is 14.9 Å². The highest BCUT2D eigenvalue weighted by atomic mass is 16.4. The van der Waals surface area contributed by atoms with Gasteiger partial charge in [0.25, 0.3) is 5.91 Å². The van der Waals surface area contributed by atoms with Crippen LogP contribution in [0.15, 0.2) is 54.9 Å². The Morgan fingerprint density at radius 2 is 1.63 bits per heavy atom. The van der Waals surface area contributed by atoms with Gasteiger partial charge in [-0.15, -0.1) is 0 Å². The summed E-state index contributed by atoms with van der Waals surface area (Å²) < 4.78 is 0. The monoisotopic (exact) mass is 469 g/mol. The summed E-state index contributed by atoms with van der Waals surface area (Å²) >= 11 is 0. The van der Waals surface area contributed by atoms with Gasteiger partial charge in [-0.05, 0) is 65.6 Å². The molecule has 6 heteroatoms. The van der Waals surface area contributed by atoms with E-state index in [-0.39, 0.29) is 18.2 Å². The van der Waals surface area contributed by atoms with Crippen LogP contribution in [0, 0.1) is 0 Å². The highest BCUT2D eigenvalue weighted by Crippen LogP contribution is 2.31. The first-order valence-corrected chi connectivity index (χ1v) is 12.6. The summed E-state index contributed by atoms with van der Waals surface area (Å²) in [6, 6.07) is 14.2. The van der Waals surface area contributed by atoms with Gasteiger partial charge >= 0.3 is 5.97 Å². The van der Waals surface area contributed by atoms with Crippen LogP contribution in [0.3, 0.4) is 0 Å². The number of carboxylic acid groups (broad SMARTS) is 1. The number of benzene rings is 2. The number of carbonyl (C=O) groups is 2. The van der Waals surface area contributed by atoms with E-state index < -0.39 is 5.97 Å². The molecule has 0 radical (unpaired) electrons. The number of nitrogens with zero attached hydrogens (tertiary/aromatic N) is 3. The molecule has 1 aromatic heterocycles. The van der Waals surface area contributed by atoms with E-state index in [1.165, 1.54) is 11.1 Å². The number of hydrogen-bond donors (Lipinski definition) is 1. The van der Waals surface area contributed by atoms with Crippen molar-refractivity contribution in [1.29, 1.82) is 0 Å². The quantitative estimate of drug-likeness (QED) is 0.575. The molecule has 0 spiro atoms. The summed E-state index contributed by atoms with van der Waals surface area (Å²) in [6.07, 6.45) is 10.6. The molecule has 0 saturated heterocycles. The van der Waals surface area contributed by atoms with Crippen molar-refractivity contribution in [3.63, 3.8) is 0 Å². The van der Waals surface area contributed by atoms with Crippen molar-refractivity contribution < 1.29 is 14.7 Å². The minimum absolute atomic E-state index is 0.0313. The van der Waals surface area contributed by atoms with Crippen LogP contribution in [0.4, 0.5) is 0 Å². The Hall–Kier alpha value is -3.54. The predicted octanol–water partition coefficient (Wildman–Crippen LogP) is 4.94. The van der Waals surface area contributed by atoms with E-state index in [1.54, 1.807) is 12.4 Å². The van der Waals surface area contributed by atoms with Gasteiger partial charge in [-0.1, -0.05) is 43.2 Å². The molecule has 180 valence electrons. The zero-order valence-electron chi connectivity index (χ0n) is 19.9. The molecular formula is C29H31N3O3. The standard InChI is InChI=1S/C29H31N3O3/c33-28(34)16-26-23-12-11-21-13-14-32(19-24(21)15-23)29(35)22-9-7-20(8-10-22)5-3-1-2-4-6-27-30-17-25(26)18-31-27/h7-12,15,17-18,26H,1-6,13-14,16,19H2,(H,33,34)/t26-/m1/s1. The van der Waals surface area contributed by atoms with E-state index in [9.17, 15) is 14.7 Å². The molecule has 0 unspecified atom stereocenters. The molecule has 3 aromatic rings. The van der Waals surface area contributed by atoms with Crippen molar-refractivity contribution >= 4 is 11.9 Å². The Balaban J connectivity index is 1.49. The minimum atomic E-state index is -0.859. The molecule has 1 atom stereocenters. The first-order chi connectivity index (χ1) is 17.1. The van der Waals surface area contributed by atoms with Crippen molar-refractivity contribution in [2.24, 2.45) is 0 Å². The molecule has 1 amide bonds. The third-order valence-corrected chi connectivity index (χ3v) is 7.26. The summed E-state index contributed by atoms with van der Waals surface area (Å²) in [7, 11) is 0. The third-order valence-electron chi connectivity index (χ3n) is 7.26. The Bertz CT molecular complexity index is 1200. The second-order valence-corrected chi connectivity index (χ2v) is 9.70. The largest absolute Gasteiger partial charge is 0.481 e. The Labute approximate surface area is 206 Å². The van der Waals surface area contributed by atoms with Gasteiger partial charge in [-0.25, -0.2) is 9.97 Å². The van der Waals surface area contributed by atoms with Gasteiger partial charge in [0, 0.05) is 43.4 Å². The van der Waals surface area contributed by atoms with Crippen molar-refractivity contribution in [3.05, 3.63) is 94.1 Å². The van der Waals surface area contributed by atoms with Crippen LogP contribution in [0.25, 0.3) is 0 Å². The normalized spacial score (nSPS) is 18.5. The van der Waals surface area contributed by atoms with Gasteiger partial charge < -0.3 is 10.0 Å². The topological polar surface area (TPSA) is 83.4 Å². The first kappa shape index (κ1) is 23.2. The lowest BCUT2D eigenvalue weighted by molar-refractivity contribution is -0.137. The molecule has 2 aromatic carbocycles. The minimum Gasteiger partial charge on any atom is -0.481 e. The van der Waals surface area contributed by atoms with Gasteiger partial charge in [0.15, 0.2) is 0 Å². The van der Waals surface area contributed by atoms with Gasteiger partial charge in [0.05, 0.1) is 6.42 Å². The molecule has 0 aliphatic carbocycles. The first-order valence-electron chi connectivity index (χ1n) is 12.6. The number of amides is 1. The van der Waals surface area contributed by atoms with Crippen LogP contribution in [-0.2, 0) is 30.6 Å². The van der Waals surface area contributed by atoms with Gasteiger partial charge in [-0.3, -0.25) is 9.59 Å². The molecule has 6 heterocycles. The average Bonchev–Trinajstić information content (AvgIpc) is 2.88. The zero-order valence-corrected chi connectivity index (χ0v) is 19.9. The zero-order chi connectivity index (χ0) is 24.2. The van der Waals surface area contributed by atoms with E-state index in [4.69, 9.17) is 0 Å². The maximum atomic E-state index is 13.2. The van der Waals surface area contributed by atoms with Crippen LogP contribution in [-0.4, -0.2) is 38.4 Å². The summed E-state index contributed by atoms with van der Waals surface area (Å²) in [4.78, 5) is 36.0. The molecule has 7 bridgehead atoms. The summed E-state index contributed by atoms with van der Waals surface area (Å²) in [5.41, 5.74) is 6.02. The van der Waals surface area contributed by atoms with Crippen molar-refractivity contribution in [3.8, 4) is 0 Å².